The second kappa shape index (κ2) is 11.2. The first-order valence-electron chi connectivity index (χ1n) is 10.6. The molecule has 1 aliphatic carbocycles. The van der Waals surface area contributed by atoms with E-state index in [0.717, 1.165) is 37.8 Å². The van der Waals surface area contributed by atoms with Crippen molar-refractivity contribution in [3.05, 3.63) is 24.0 Å². The molecule has 6 nitrogen and oxygen atoms in total. The van der Waals surface area contributed by atoms with Gasteiger partial charge < -0.3 is 19.1 Å². The number of nitrogens with zero attached hydrogens (tertiary/aromatic N) is 3. The van der Waals surface area contributed by atoms with Crippen molar-refractivity contribution in [2.45, 2.75) is 65.0 Å². The third kappa shape index (κ3) is 6.09. The monoisotopic (exact) mass is 391 g/mol. The highest BCUT2D eigenvalue weighted by Gasteiger charge is 2.30. The summed E-state index contributed by atoms with van der Waals surface area (Å²) in [5.74, 6) is 0.228. The molecule has 1 fully saturated rings. The molecule has 0 N–H and O–H groups in total. The van der Waals surface area contributed by atoms with E-state index >= 15 is 0 Å². The van der Waals surface area contributed by atoms with Gasteiger partial charge >= 0.3 is 0 Å². The fourth-order valence-electron chi connectivity index (χ4n) is 3.85. The molecule has 0 spiro atoms. The Morgan fingerprint density at radius 3 is 2.57 bits per heavy atom. The summed E-state index contributed by atoms with van der Waals surface area (Å²) in [6.45, 7) is 5.80. The molecule has 0 aliphatic heterocycles. The Kier molecular flexibility index (Phi) is 9.03. The average molecular weight is 392 g/mol. The number of amides is 2. The van der Waals surface area contributed by atoms with Crippen LogP contribution in [0.2, 0.25) is 0 Å². The predicted octanol–water partition coefficient (Wildman–Crippen LogP) is 3.21. The number of aromatic nitrogens is 1. The smallest absolute Gasteiger partial charge is 0.242 e. The molecular weight excluding hydrogens is 354 g/mol. The van der Waals surface area contributed by atoms with Crippen LogP contribution in [0.15, 0.2) is 18.3 Å². The van der Waals surface area contributed by atoms with Gasteiger partial charge in [0.25, 0.3) is 0 Å². The second-order valence-electron chi connectivity index (χ2n) is 7.98. The highest BCUT2D eigenvalue weighted by molar-refractivity contribution is 5.86. The maximum atomic E-state index is 13.2. The zero-order valence-corrected chi connectivity index (χ0v) is 18.0. The average Bonchev–Trinajstić information content (AvgIpc) is 3.13. The predicted molar refractivity (Wildman–Crippen MR) is 111 cm³/mol. The van der Waals surface area contributed by atoms with Crippen LogP contribution < -0.4 is 0 Å². The van der Waals surface area contributed by atoms with E-state index in [1.54, 1.807) is 7.11 Å². The molecule has 1 atom stereocenters. The molecule has 1 aliphatic rings. The first-order valence-corrected chi connectivity index (χ1v) is 10.6. The lowest BCUT2D eigenvalue weighted by molar-refractivity contribution is -0.146. The van der Waals surface area contributed by atoms with Crippen molar-refractivity contribution in [3.63, 3.8) is 0 Å². The molecule has 158 valence electrons. The van der Waals surface area contributed by atoms with E-state index in [9.17, 15) is 9.59 Å². The van der Waals surface area contributed by atoms with Crippen LogP contribution in [0.4, 0.5) is 0 Å². The summed E-state index contributed by atoms with van der Waals surface area (Å²) in [5.41, 5.74) is 1.07. The van der Waals surface area contributed by atoms with Gasteiger partial charge in [0, 0.05) is 44.6 Å². The number of methoxy groups -OCH3 is 1. The number of hydrogen-bond donors (Lipinski definition) is 0. The molecule has 0 bridgehead atoms. The zero-order chi connectivity index (χ0) is 20.5. The third-order valence-corrected chi connectivity index (χ3v) is 5.99. The third-order valence-electron chi connectivity index (χ3n) is 5.99. The zero-order valence-electron chi connectivity index (χ0n) is 18.0. The van der Waals surface area contributed by atoms with Crippen molar-refractivity contribution >= 4 is 11.8 Å². The molecule has 0 aromatic carbocycles. The summed E-state index contributed by atoms with van der Waals surface area (Å²) in [6, 6.07) is 4.07. The Bertz CT molecular complexity index is 622. The van der Waals surface area contributed by atoms with Crippen LogP contribution in [-0.4, -0.2) is 59.0 Å². The molecule has 1 unspecified atom stereocenters. The molecule has 0 saturated heterocycles. The van der Waals surface area contributed by atoms with Gasteiger partial charge in [-0.05, 0) is 38.3 Å². The van der Waals surface area contributed by atoms with Gasteiger partial charge in [-0.2, -0.15) is 0 Å². The minimum atomic E-state index is -0.0114. The van der Waals surface area contributed by atoms with Crippen molar-refractivity contribution in [2.24, 2.45) is 13.0 Å². The van der Waals surface area contributed by atoms with Crippen LogP contribution >= 0.6 is 0 Å². The van der Waals surface area contributed by atoms with Gasteiger partial charge in [-0.15, -0.1) is 0 Å². The molecule has 1 heterocycles. The van der Waals surface area contributed by atoms with Gasteiger partial charge in [-0.1, -0.05) is 26.2 Å². The Balaban J connectivity index is 2.10. The van der Waals surface area contributed by atoms with Crippen molar-refractivity contribution < 1.29 is 14.3 Å². The molecule has 2 rings (SSSR count). The Morgan fingerprint density at radius 1 is 1.29 bits per heavy atom. The SMILES string of the molecule is CCC(C)N(CC(=O)N(CCOC)Cc1cccn1C)C(=O)C1CCCCC1. The van der Waals surface area contributed by atoms with E-state index < -0.39 is 0 Å². The topological polar surface area (TPSA) is 54.8 Å². The van der Waals surface area contributed by atoms with Gasteiger partial charge in [0.1, 0.15) is 6.54 Å². The Morgan fingerprint density at radius 2 is 2.00 bits per heavy atom. The number of carbonyl (C=O) groups is 2. The molecule has 28 heavy (non-hydrogen) atoms. The fourth-order valence-corrected chi connectivity index (χ4v) is 3.85. The molecule has 6 heteroatoms. The summed E-state index contributed by atoms with van der Waals surface area (Å²) >= 11 is 0. The van der Waals surface area contributed by atoms with Crippen LogP contribution in [0.25, 0.3) is 0 Å². The van der Waals surface area contributed by atoms with Crippen LogP contribution in [-0.2, 0) is 27.9 Å². The van der Waals surface area contributed by atoms with Crippen molar-refractivity contribution in [1.29, 1.82) is 0 Å². The van der Waals surface area contributed by atoms with Crippen LogP contribution in [0.5, 0.6) is 0 Å². The molecule has 1 aromatic heterocycles. The van der Waals surface area contributed by atoms with E-state index in [1.165, 1.54) is 6.42 Å². The number of rotatable bonds is 10. The lowest BCUT2D eigenvalue weighted by atomic mass is 9.88. The van der Waals surface area contributed by atoms with Crippen molar-refractivity contribution in [2.75, 3.05) is 26.8 Å². The van der Waals surface area contributed by atoms with Gasteiger partial charge in [0.2, 0.25) is 11.8 Å². The Hall–Kier alpha value is -1.82. The summed E-state index contributed by atoms with van der Waals surface area (Å²) in [5, 5.41) is 0. The molecule has 1 saturated carbocycles. The van der Waals surface area contributed by atoms with Gasteiger partial charge in [0.15, 0.2) is 0 Å². The standard InChI is InChI=1S/C22H37N3O3/c1-5-18(2)25(22(27)19-10-7-6-8-11-19)17-21(26)24(14-15-28-4)16-20-12-9-13-23(20)3/h9,12-13,18-19H,5-8,10-11,14-17H2,1-4H3. The van der Waals surface area contributed by atoms with Gasteiger partial charge in [-0.3, -0.25) is 9.59 Å². The van der Waals surface area contributed by atoms with E-state index in [4.69, 9.17) is 4.74 Å². The molecular formula is C22H37N3O3. The maximum absolute atomic E-state index is 13.2. The number of hydrogen-bond acceptors (Lipinski definition) is 3. The van der Waals surface area contributed by atoms with E-state index in [-0.39, 0.29) is 30.3 Å². The molecule has 1 aromatic rings. The number of aryl methyl sites for hydroxylation is 1. The van der Waals surface area contributed by atoms with Crippen LogP contribution in [0.3, 0.4) is 0 Å². The van der Waals surface area contributed by atoms with E-state index in [0.29, 0.717) is 19.7 Å². The lowest BCUT2D eigenvalue weighted by Crippen LogP contribution is -2.49. The van der Waals surface area contributed by atoms with Crippen LogP contribution in [0.1, 0.15) is 58.1 Å². The molecule has 0 radical (unpaired) electrons. The van der Waals surface area contributed by atoms with Crippen molar-refractivity contribution in [1.82, 2.24) is 14.4 Å². The quantitative estimate of drug-likeness (QED) is 0.615. The van der Waals surface area contributed by atoms with E-state index in [1.807, 2.05) is 46.7 Å². The number of ether oxygens (including phenoxy) is 1. The van der Waals surface area contributed by atoms with Gasteiger partial charge in [0.05, 0.1) is 13.2 Å². The molecule has 2 amide bonds. The normalized spacial score (nSPS) is 16.0. The summed E-state index contributed by atoms with van der Waals surface area (Å²) in [4.78, 5) is 30.0. The number of carbonyl (C=O) groups excluding carboxylic acids is 2. The lowest BCUT2D eigenvalue weighted by Gasteiger charge is -2.34. The minimum Gasteiger partial charge on any atom is -0.383 e. The minimum absolute atomic E-state index is 0.0114. The summed E-state index contributed by atoms with van der Waals surface area (Å²) in [6.07, 6.45) is 8.19. The highest BCUT2D eigenvalue weighted by atomic mass is 16.5. The van der Waals surface area contributed by atoms with Gasteiger partial charge in [-0.25, -0.2) is 0 Å². The maximum Gasteiger partial charge on any atom is 0.242 e. The van der Waals surface area contributed by atoms with E-state index in [2.05, 4.69) is 6.92 Å². The summed E-state index contributed by atoms with van der Waals surface area (Å²) < 4.78 is 7.23. The van der Waals surface area contributed by atoms with Crippen molar-refractivity contribution in [3.8, 4) is 0 Å². The first kappa shape index (κ1) is 22.5. The van der Waals surface area contributed by atoms with Crippen LogP contribution in [0, 0.1) is 5.92 Å². The first-order chi connectivity index (χ1) is 13.5. The largest absolute Gasteiger partial charge is 0.383 e. The highest BCUT2D eigenvalue weighted by Crippen LogP contribution is 2.26. The fraction of sp³-hybridized carbons (Fsp3) is 0.727. The Labute approximate surface area is 169 Å². The summed E-state index contributed by atoms with van der Waals surface area (Å²) in [7, 11) is 3.62. The second-order valence-corrected chi connectivity index (χ2v) is 7.98.